The van der Waals surface area contributed by atoms with Gasteiger partial charge in [-0.25, -0.2) is 14.8 Å². The van der Waals surface area contributed by atoms with Crippen LogP contribution in [0.3, 0.4) is 0 Å². The minimum atomic E-state index is -0.474. The predicted molar refractivity (Wildman–Crippen MR) is 98.0 cm³/mol. The number of thiazole rings is 1. The van der Waals surface area contributed by atoms with Crippen LogP contribution in [0.1, 0.15) is 18.4 Å². The summed E-state index contributed by atoms with van der Waals surface area (Å²) in [5, 5.41) is 3.73. The van der Waals surface area contributed by atoms with Crippen LogP contribution in [0.4, 0.5) is 11.5 Å². The van der Waals surface area contributed by atoms with Gasteiger partial charge in [0.1, 0.15) is 10.8 Å². The van der Waals surface area contributed by atoms with Gasteiger partial charge in [-0.2, -0.15) is 0 Å². The number of nitrogens with one attached hydrogen (secondary N) is 2. The third kappa shape index (κ3) is 3.13. The molecule has 0 saturated heterocycles. The third-order valence-electron chi connectivity index (χ3n) is 3.45. The summed E-state index contributed by atoms with van der Waals surface area (Å²) < 4.78 is 2.06. The molecule has 24 heavy (non-hydrogen) atoms. The van der Waals surface area contributed by atoms with E-state index in [1.165, 1.54) is 18.4 Å². The van der Waals surface area contributed by atoms with Crippen LogP contribution in [0.2, 0.25) is 0 Å². The van der Waals surface area contributed by atoms with Crippen LogP contribution in [0.25, 0.3) is 10.2 Å². The van der Waals surface area contributed by atoms with Gasteiger partial charge >= 0.3 is 5.69 Å². The topological polar surface area (TPSA) is 92.1 Å². The van der Waals surface area contributed by atoms with Gasteiger partial charge in [-0.15, -0.1) is 11.3 Å². The number of H-pyrrole nitrogens is 1. The molecule has 2 N–H and O–H groups in total. The Morgan fingerprint density at radius 2 is 2.17 bits per heavy atom. The molecule has 0 aliphatic carbocycles. The second kappa shape index (κ2) is 6.79. The number of fused-ring (bicyclic) bond motifs is 1. The van der Waals surface area contributed by atoms with E-state index in [9.17, 15) is 9.59 Å². The molecule has 2 aromatic heterocycles. The quantitative estimate of drug-likeness (QED) is 0.695. The summed E-state index contributed by atoms with van der Waals surface area (Å²) in [7, 11) is 1.42. The molecule has 2 heterocycles. The van der Waals surface area contributed by atoms with Crippen LogP contribution in [0, 0.1) is 0 Å². The summed E-state index contributed by atoms with van der Waals surface area (Å²) in [5.41, 5.74) is 0.139. The molecule has 0 atom stereocenters. The monoisotopic (exact) mass is 343 g/mol. The first kappa shape index (κ1) is 16.1. The molecule has 0 aliphatic rings. The maximum Gasteiger partial charge on any atom is 0.329 e. The van der Waals surface area contributed by atoms with Gasteiger partial charge in [-0.1, -0.05) is 19.1 Å². The number of benzene rings is 1. The summed E-state index contributed by atoms with van der Waals surface area (Å²) in [6.45, 7) is 2.63. The van der Waals surface area contributed by atoms with E-state index in [0.29, 0.717) is 17.4 Å². The van der Waals surface area contributed by atoms with Crippen LogP contribution >= 0.6 is 11.3 Å². The Labute approximate surface area is 141 Å². The fourth-order valence-corrected chi connectivity index (χ4v) is 3.01. The normalized spacial score (nSPS) is 11.4. The fourth-order valence-electron chi connectivity index (χ4n) is 2.17. The molecular weight excluding hydrogens is 326 g/mol. The molecule has 0 amide bonds. The number of nitrogens with zero attached hydrogens (tertiary/aromatic N) is 3. The van der Waals surface area contributed by atoms with Crippen molar-refractivity contribution in [3.05, 3.63) is 50.1 Å². The molecule has 7 nitrogen and oxygen atoms in total. The van der Waals surface area contributed by atoms with Gasteiger partial charge in [0, 0.05) is 13.6 Å². The Hall–Kier alpha value is -2.74. The van der Waals surface area contributed by atoms with Crippen molar-refractivity contribution in [1.82, 2.24) is 14.5 Å². The van der Waals surface area contributed by atoms with Gasteiger partial charge in [-0.3, -0.25) is 14.3 Å². The molecular formula is C16H17N5O2S. The van der Waals surface area contributed by atoms with Crippen molar-refractivity contribution >= 4 is 39.3 Å². The highest BCUT2D eigenvalue weighted by Crippen LogP contribution is 2.21. The zero-order valence-electron chi connectivity index (χ0n) is 13.4. The maximum atomic E-state index is 12.3. The Morgan fingerprint density at radius 3 is 2.92 bits per heavy atom. The van der Waals surface area contributed by atoms with E-state index in [2.05, 4.69) is 20.3 Å². The van der Waals surface area contributed by atoms with Crippen molar-refractivity contribution in [3.8, 4) is 0 Å². The van der Waals surface area contributed by atoms with E-state index in [4.69, 9.17) is 0 Å². The van der Waals surface area contributed by atoms with Crippen molar-refractivity contribution in [2.24, 2.45) is 12.0 Å². The number of hydrogen-bond donors (Lipinski definition) is 2. The summed E-state index contributed by atoms with van der Waals surface area (Å²) >= 11 is 1.49. The van der Waals surface area contributed by atoms with Crippen LogP contribution in [0.15, 0.2) is 38.8 Å². The Balaban J connectivity index is 2.02. The van der Waals surface area contributed by atoms with Crippen molar-refractivity contribution in [1.29, 1.82) is 0 Å². The van der Waals surface area contributed by atoms with E-state index in [1.54, 1.807) is 6.21 Å². The lowest BCUT2D eigenvalue weighted by atomic mass is 10.3. The van der Waals surface area contributed by atoms with Gasteiger partial charge in [-0.05, 0) is 18.6 Å². The zero-order chi connectivity index (χ0) is 17.1. The summed E-state index contributed by atoms with van der Waals surface area (Å²) in [6, 6.07) is 7.79. The average molecular weight is 343 g/mol. The van der Waals surface area contributed by atoms with E-state index in [1.807, 2.05) is 31.2 Å². The molecule has 1 aromatic carbocycles. The summed E-state index contributed by atoms with van der Waals surface area (Å²) in [6.07, 6.45) is 2.41. The van der Waals surface area contributed by atoms with Gasteiger partial charge in [0.25, 0.3) is 5.56 Å². The molecule has 0 aliphatic heterocycles. The van der Waals surface area contributed by atoms with Gasteiger partial charge < -0.3 is 5.32 Å². The fraction of sp³-hybridized carbons (Fsp3) is 0.250. The Kier molecular flexibility index (Phi) is 4.57. The largest absolute Gasteiger partial charge is 0.370 e. The van der Waals surface area contributed by atoms with Crippen molar-refractivity contribution in [3.63, 3.8) is 0 Å². The molecule has 0 spiro atoms. The number of anilines is 1. The summed E-state index contributed by atoms with van der Waals surface area (Å²) in [4.78, 5) is 35.5. The van der Waals surface area contributed by atoms with Crippen LogP contribution in [-0.4, -0.2) is 27.3 Å². The minimum absolute atomic E-state index is 0.171. The second-order valence-electron chi connectivity index (χ2n) is 5.22. The first-order chi connectivity index (χ1) is 11.6. The van der Waals surface area contributed by atoms with Crippen LogP contribution < -0.4 is 16.6 Å². The number of rotatable bonds is 5. The highest BCUT2D eigenvalue weighted by molar-refractivity contribution is 7.20. The van der Waals surface area contributed by atoms with E-state index in [-0.39, 0.29) is 5.69 Å². The maximum absolute atomic E-state index is 12.3. The van der Waals surface area contributed by atoms with Crippen molar-refractivity contribution in [2.75, 3.05) is 11.9 Å². The van der Waals surface area contributed by atoms with Crippen molar-refractivity contribution < 1.29 is 0 Å². The smallest absolute Gasteiger partial charge is 0.329 e. The number of hydrogen-bond acceptors (Lipinski definition) is 6. The molecule has 3 rings (SSSR count). The van der Waals surface area contributed by atoms with E-state index < -0.39 is 11.2 Å². The molecule has 0 saturated carbocycles. The van der Waals surface area contributed by atoms with Gasteiger partial charge in [0.2, 0.25) is 0 Å². The molecule has 8 heteroatoms. The molecule has 3 aromatic rings. The molecule has 0 bridgehead atoms. The lowest BCUT2D eigenvalue weighted by Crippen LogP contribution is -2.33. The molecule has 124 valence electrons. The molecule has 0 unspecified atom stereocenters. The Bertz CT molecular complexity index is 982. The van der Waals surface area contributed by atoms with Gasteiger partial charge in [0.15, 0.2) is 5.69 Å². The predicted octanol–water partition coefficient (Wildman–Crippen LogP) is 2.26. The van der Waals surface area contributed by atoms with E-state index >= 15 is 0 Å². The second-order valence-corrected chi connectivity index (χ2v) is 6.28. The number of para-hydroxylation sites is 1. The highest BCUT2D eigenvalue weighted by atomic mass is 32.1. The number of aromatic nitrogens is 3. The lowest BCUT2D eigenvalue weighted by Gasteiger charge is -2.08. The first-order valence-corrected chi connectivity index (χ1v) is 8.38. The lowest BCUT2D eigenvalue weighted by molar-refractivity contribution is 0.776. The van der Waals surface area contributed by atoms with Crippen LogP contribution in [-0.2, 0) is 7.05 Å². The first-order valence-electron chi connectivity index (χ1n) is 7.57. The standard InChI is InChI=1S/C16H17N5O2S/c1-3-8-17-14-13(15(22)21(2)16(23)20-14)18-9-12-19-10-6-4-5-7-11(10)24-12/h4-7,9,17H,3,8H2,1-2H3,(H,20,23). The van der Waals surface area contributed by atoms with Gasteiger partial charge in [0.05, 0.1) is 16.4 Å². The van der Waals surface area contributed by atoms with Crippen LogP contribution in [0.5, 0.6) is 0 Å². The average Bonchev–Trinajstić information content (AvgIpc) is 3.00. The van der Waals surface area contributed by atoms with E-state index in [0.717, 1.165) is 21.2 Å². The molecule has 0 radical (unpaired) electrons. The minimum Gasteiger partial charge on any atom is -0.370 e. The molecule has 0 fully saturated rings. The third-order valence-corrected chi connectivity index (χ3v) is 4.42. The number of aromatic amines is 1. The SMILES string of the molecule is CCCNc1[nH]c(=O)n(C)c(=O)c1N=Cc1nc2ccccc2s1. The number of aliphatic imine (C=N–C) groups is 1. The zero-order valence-corrected chi connectivity index (χ0v) is 14.2. The van der Waals surface area contributed by atoms with Crippen molar-refractivity contribution in [2.45, 2.75) is 13.3 Å². The highest BCUT2D eigenvalue weighted by Gasteiger charge is 2.11. The summed E-state index contributed by atoms with van der Waals surface area (Å²) in [5.74, 6) is 0.335. The Morgan fingerprint density at radius 1 is 1.38 bits per heavy atom.